The van der Waals surface area contributed by atoms with Gasteiger partial charge in [-0.1, -0.05) is 32.3 Å². The molecule has 0 amide bonds. The average molecular weight is 257 g/mol. The van der Waals surface area contributed by atoms with Crippen LogP contribution in [-0.2, 0) is 0 Å². The highest BCUT2D eigenvalue weighted by Crippen LogP contribution is 2.09. The second-order valence-corrected chi connectivity index (χ2v) is 3.84. The predicted molar refractivity (Wildman–Crippen MR) is 71.4 cm³/mol. The number of anilines is 1. The molecular weight excluding hydrogens is 236 g/mol. The molecule has 0 aromatic heterocycles. The van der Waals surface area contributed by atoms with Crippen molar-refractivity contribution < 1.29 is 19.5 Å². The minimum absolute atomic E-state index is 0.177. The molecule has 6 heteroatoms. The molecule has 0 saturated carbocycles. The summed E-state index contributed by atoms with van der Waals surface area (Å²) in [5.74, 6) is -0.177. The molecule has 0 atom stereocenters. The summed E-state index contributed by atoms with van der Waals surface area (Å²) >= 11 is 0. The van der Waals surface area contributed by atoms with Crippen LogP contribution in [0.2, 0.25) is 0 Å². The maximum Gasteiger partial charge on any atom is 0.631 e. The van der Waals surface area contributed by atoms with Crippen molar-refractivity contribution in [1.82, 2.24) is 0 Å². The molecule has 4 N–H and O–H groups in total. The molecule has 0 spiro atoms. The fourth-order valence-corrected chi connectivity index (χ4v) is 1.38. The van der Waals surface area contributed by atoms with Crippen molar-refractivity contribution in [3.05, 3.63) is 30.1 Å². The average Bonchev–Trinajstić information content (AvgIpc) is 2.28. The predicted octanol–water partition coefficient (Wildman–Crippen LogP) is 1.77. The lowest BCUT2D eigenvalue weighted by molar-refractivity contribution is 0.278. The quantitative estimate of drug-likeness (QED) is 0.463. The fourth-order valence-electron chi connectivity index (χ4n) is 1.38. The zero-order chi connectivity index (χ0) is 13.8. The van der Waals surface area contributed by atoms with Crippen LogP contribution in [0.5, 0.6) is 0 Å². The van der Waals surface area contributed by atoms with Gasteiger partial charge in [-0.15, -0.1) is 0 Å². The van der Waals surface area contributed by atoms with Crippen LogP contribution in [0.4, 0.5) is 10.1 Å². The summed E-state index contributed by atoms with van der Waals surface area (Å²) in [5.41, 5.74) is 0.876. The molecule has 0 fully saturated rings. The van der Waals surface area contributed by atoms with Crippen molar-refractivity contribution in [2.24, 2.45) is 0 Å². The summed E-state index contributed by atoms with van der Waals surface area (Å²) in [6.45, 7) is 3.13. The molecule has 0 aliphatic carbocycles. The lowest BCUT2D eigenvalue weighted by Crippen LogP contribution is -2.07. The molecule has 1 aromatic rings. The Morgan fingerprint density at radius 2 is 1.83 bits per heavy atom. The Kier molecular flexibility index (Phi) is 10.3. The summed E-state index contributed by atoms with van der Waals surface area (Å²) < 4.78 is 12.8. The van der Waals surface area contributed by atoms with Crippen LogP contribution in [0.25, 0.3) is 0 Å². The van der Waals surface area contributed by atoms with E-state index in [9.17, 15) is 4.39 Å². The van der Waals surface area contributed by atoms with E-state index in [0.29, 0.717) is 0 Å². The summed E-state index contributed by atoms with van der Waals surface area (Å²) in [6.07, 6.45) is 4.94. The van der Waals surface area contributed by atoms with Gasteiger partial charge in [0.25, 0.3) is 0 Å². The van der Waals surface area contributed by atoms with Gasteiger partial charge in [-0.05, 0) is 24.6 Å². The molecule has 0 saturated heterocycles. The van der Waals surface area contributed by atoms with Gasteiger partial charge < -0.3 is 20.4 Å². The highest BCUT2D eigenvalue weighted by atomic mass is 19.1. The van der Waals surface area contributed by atoms with Crippen LogP contribution in [0.1, 0.15) is 32.6 Å². The van der Waals surface area contributed by atoms with Crippen molar-refractivity contribution in [2.75, 3.05) is 11.9 Å². The van der Waals surface area contributed by atoms with Gasteiger partial charge in [0.05, 0.1) is 0 Å². The van der Waals surface area contributed by atoms with Crippen LogP contribution in [0.3, 0.4) is 0 Å². The first-order valence-electron chi connectivity index (χ1n) is 6.10. The van der Waals surface area contributed by atoms with Gasteiger partial charge >= 0.3 is 7.32 Å². The number of rotatable bonds is 6. The third-order valence-electron chi connectivity index (χ3n) is 2.18. The number of nitrogens with one attached hydrogen (secondary N) is 1. The molecule has 0 radical (unpaired) electrons. The molecule has 4 nitrogen and oxygen atoms in total. The van der Waals surface area contributed by atoms with E-state index in [2.05, 4.69) is 12.2 Å². The number of hydrogen-bond acceptors (Lipinski definition) is 4. The van der Waals surface area contributed by atoms with E-state index in [-0.39, 0.29) is 5.82 Å². The first-order valence-corrected chi connectivity index (χ1v) is 6.10. The first kappa shape index (κ1) is 16.9. The van der Waals surface area contributed by atoms with Crippen molar-refractivity contribution in [2.45, 2.75) is 32.6 Å². The summed E-state index contributed by atoms with van der Waals surface area (Å²) in [4.78, 5) is 0. The molecular formula is C12H21BFNO3. The maximum atomic E-state index is 12.8. The van der Waals surface area contributed by atoms with Crippen LogP contribution in [0.15, 0.2) is 24.3 Å². The lowest BCUT2D eigenvalue weighted by atomic mass is 10.2. The molecule has 0 bridgehead atoms. The van der Waals surface area contributed by atoms with Crippen molar-refractivity contribution in [3.8, 4) is 0 Å². The number of unbranched alkanes of at least 4 members (excludes halogenated alkanes) is 3. The minimum atomic E-state index is -2.17. The van der Waals surface area contributed by atoms with Gasteiger partial charge in [-0.2, -0.15) is 0 Å². The second-order valence-electron chi connectivity index (χ2n) is 3.84. The first-order chi connectivity index (χ1) is 8.56. The van der Waals surface area contributed by atoms with Gasteiger partial charge in [0.2, 0.25) is 0 Å². The molecule has 0 unspecified atom stereocenters. The van der Waals surface area contributed by atoms with E-state index in [1.54, 1.807) is 6.07 Å². The Hall–Kier alpha value is -1.11. The SMILES string of the molecule is CCCCCCNc1cccc(F)c1.OB(O)O. The molecule has 0 aliphatic heterocycles. The van der Waals surface area contributed by atoms with E-state index in [1.165, 1.54) is 31.4 Å². The topological polar surface area (TPSA) is 72.7 Å². The van der Waals surface area contributed by atoms with E-state index in [1.807, 2.05) is 6.07 Å². The highest BCUT2D eigenvalue weighted by molar-refractivity contribution is 6.30. The van der Waals surface area contributed by atoms with Crippen LogP contribution < -0.4 is 5.32 Å². The Labute approximate surface area is 108 Å². The van der Waals surface area contributed by atoms with E-state index in [0.717, 1.165) is 18.7 Å². The zero-order valence-electron chi connectivity index (χ0n) is 10.6. The maximum absolute atomic E-state index is 12.8. The van der Waals surface area contributed by atoms with Crippen LogP contribution in [0, 0.1) is 5.82 Å². The van der Waals surface area contributed by atoms with E-state index >= 15 is 0 Å². The van der Waals surface area contributed by atoms with Gasteiger partial charge in [-0.25, -0.2) is 4.39 Å². The molecule has 1 rings (SSSR count). The zero-order valence-corrected chi connectivity index (χ0v) is 10.6. The van der Waals surface area contributed by atoms with E-state index < -0.39 is 7.32 Å². The number of hydrogen-bond donors (Lipinski definition) is 4. The highest BCUT2D eigenvalue weighted by Gasteiger charge is 1.93. The third-order valence-corrected chi connectivity index (χ3v) is 2.18. The van der Waals surface area contributed by atoms with Crippen molar-refractivity contribution in [1.29, 1.82) is 0 Å². The summed E-state index contributed by atoms with van der Waals surface area (Å²) in [7, 11) is -2.17. The van der Waals surface area contributed by atoms with E-state index in [4.69, 9.17) is 15.1 Å². The Bertz CT molecular complexity index is 310. The Morgan fingerprint density at radius 3 is 2.39 bits per heavy atom. The fraction of sp³-hybridized carbons (Fsp3) is 0.500. The van der Waals surface area contributed by atoms with Gasteiger partial charge in [0.15, 0.2) is 0 Å². The van der Waals surface area contributed by atoms with Crippen LogP contribution in [-0.4, -0.2) is 28.9 Å². The summed E-state index contributed by atoms with van der Waals surface area (Å²) in [5, 5.41) is 24.7. The van der Waals surface area contributed by atoms with Gasteiger partial charge in [0.1, 0.15) is 5.82 Å². The summed E-state index contributed by atoms with van der Waals surface area (Å²) in [6, 6.07) is 6.61. The Balaban J connectivity index is 0.000000631. The minimum Gasteiger partial charge on any atom is -0.402 e. The number of halogens is 1. The molecule has 0 aliphatic rings. The lowest BCUT2D eigenvalue weighted by Gasteiger charge is -2.05. The molecule has 1 aromatic carbocycles. The van der Waals surface area contributed by atoms with Crippen molar-refractivity contribution >= 4 is 13.0 Å². The second kappa shape index (κ2) is 11.0. The standard InChI is InChI=1S/C12H18FN.BH3O3/c1-2-3-4-5-9-14-12-8-6-7-11(13)10-12;2-1(3)4/h6-8,10,14H,2-5,9H2,1H3;2-4H. The molecule has 18 heavy (non-hydrogen) atoms. The smallest absolute Gasteiger partial charge is 0.402 e. The molecule has 102 valence electrons. The van der Waals surface area contributed by atoms with Gasteiger partial charge in [0, 0.05) is 12.2 Å². The largest absolute Gasteiger partial charge is 0.631 e. The molecule has 0 heterocycles. The van der Waals surface area contributed by atoms with Crippen molar-refractivity contribution in [3.63, 3.8) is 0 Å². The monoisotopic (exact) mass is 257 g/mol. The van der Waals surface area contributed by atoms with Gasteiger partial charge in [-0.3, -0.25) is 0 Å². The normalized spacial score (nSPS) is 9.39. The number of benzene rings is 1. The van der Waals surface area contributed by atoms with Crippen LogP contribution >= 0.6 is 0 Å². The Morgan fingerprint density at radius 1 is 1.17 bits per heavy atom. The third kappa shape index (κ3) is 11.4.